The van der Waals surface area contributed by atoms with Gasteiger partial charge >= 0.3 is 0 Å². The molecule has 1 aliphatic carbocycles. The van der Waals surface area contributed by atoms with Crippen LogP contribution in [0.2, 0.25) is 0 Å². The summed E-state index contributed by atoms with van der Waals surface area (Å²) in [6, 6.07) is 6.74. The highest BCUT2D eigenvalue weighted by molar-refractivity contribution is 7.89. The van der Waals surface area contributed by atoms with E-state index in [4.69, 9.17) is 0 Å². The zero-order chi connectivity index (χ0) is 15.5. The number of hydrogen-bond acceptors (Lipinski definition) is 3. The van der Waals surface area contributed by atoms with Crippen LogP contribution in [0.1, 0.15) is 38.2 Å². The first kappa shape index (κ1) is 15.8. The SMILES string of the molecule is C=C1CC1/C(CCCC)=N\NS(=O)(=O)c1ccc(C)cc1. The maximum Gasteiger partial charge on any atom is 0.276 e. The third-order valence-electron chi connectivity index (χ3n) is 3.63. The summed E-state index contributed by atoms with van der Waals surface area (Å²) in [7, 11) is -3.59. The van der Waals surface area contributed by atoms with Crippen molar-refractivity contribution in [2.24, 2.45) is 11.0 Å². The summed E-state index contributed by atoms with van der Waals surface area (Å²) in [6.07, 6.45) is 3.81. The van der Waals surface area contributed by atoms with Crippen molar-refractivity contribution < 1.29 is 8.42 Å². The smallest absolute Gasteiger partial charge is 0.200 e. The van der Waals surface area contributed by atoms with E-state index in [1.165, 1.54) is 0 Å². The van der Waals surface area contributed by atoms with Crippen LogP contribution in [0.5, 0.6) is 0 Å². The van der Waals surface area contributed by atoms with E-state index in [0.29, 0.717) is 0 Å². The highest BCUT2D eigenvalue weighted by Crippen LogP contribution is 2.38. The van der Waals surface area contributed by atoms with Crippen molar-refractivity contribution in [1.29, 1.82) is 0 Å². The summed E-state index contributed by atoms with van der Waals surface area (Å²) in [4.78, 5) is 2.60. The number of unbranched alkanes of at least 4 members (excludes halogenated alkanes) is 1. The minimum atomic E-state index is -3.59. The van der Waals surface area contributed by atoms with Crippen molar-refractivity contribution in [2.75, 3.05) is 0 Å². The number of nitrogens with one attached hydrogen (secondary N) is 1. The first-order valence-corrected chi connectivity index (χ1v) is 8.75. The van der Waals surface area contributed by atoms with Crippen molar-refractivity contribution in [1.82, 2.24) is 4.83 Å². The van der Waals surface area contributed by atoms with Crippen LogP contribution >= 0.6 is 0 Å². The van der Waals surface area contributed by atoms with Crippen molar-refractivity contribution in [3.8, 4) is 0 Å². The van der Waals surface area contributed by atoms with E-state index >= 15 is 0 Å². The average molecular weight is 306 g/mol. The van der Waals surface area contributed by atoms with E-state index in [1.807, 2.05) is 6.92 Å². The Labute approximate surface area is 127 Å². The monoisotopic (exact) mass is 306 g/mol. The number of allylic oxidation sites excluding steroid dienone is 1. The van der Waals surface area contributed by atoms with Crippen molar-refractivity contribution >= 4 is 15.7 Å². The summed E-state index contributed by atoms with van der Waals surface area (Å²) < 4.78 is 24.4. The van der Waals surface area contributed by atoms with Crippen LogP contribution < -0.4 is 4.83 Å². The second-order valence-electron chi connectivity index (χ2n) is 5.53. The van der Waals surface area contributed by atoms with Gasteiger partial charge in [0.2, 0.25) is 0 Å². The fourth-order valence-corrected chi connectivity index (χ4v) is 2.95. The van der Waals surface area contributed by atoms with Crippen molar-refractivity contribution in [3.05, 3.63) is 42.0 Å². The molecule has 1 unspecified atom stereocenters. The molecule has 1 N–H and O–H groups in total. The van der Waals surface area contributed by atoms with Gasteiger partial charge in [0.05, 0.1) is 4.90 Å². The molecule has 1 aromatic rings. The van der Waals surface area contributed by atoms with Crippen LogP contribution in [0.15, 0.2) is 46.4 Å². The quantitative estimate of drug-likeness (QED) is 0.477. The van der Waals surface area contributed by atoms with Crippen LogP contribution in [-0.4, -0.2) is 14.1 Å². The van der Waals surface area contributed by atoms with Crippen LogP contribution in [0.4, 0.5) is 0 Å². The third kappa shape index (κ3) is 4.17. The van der Waals surface area contributed by atoms with Gasteiger partial charge in [0.15, 0.2) is 0 Å². The second kappa shape index (κ2) is 6.43. The number of hydrogen-bond donors (Lipinski definition) is 1. The lowest BCUT2D eigenvalue weighted by molar-refractivity contribution is 0.584. The third-order valence-corrected chi connectivity index (χ3v) is 4.85. The van der Waals surface area contributed by atoms with Gasteiger partial charge in [0, 0.05) is 11.6 Å². The Morgan fingerprint density at radius 2 is 2.00 bits per heavy atom. The molecule has 0 bridgehead atoms. The van der Waals surface area contributed by atoms with E-state index in [1.54, 1.807) is 24.3 Å². The Kier molecular flexibility index (Phi) is 4.83. The Morgan fingerprint density at radius 3 is 2.52 bits per heavy atom. The van der Waals surface area contributed by atoms with E-state index in [2.05, 4.69) is 23.4 Å². The van der Waals surface area contributed by atoms with Gasteiger partial charge in [-0.2, -0.15) is 13.5 Å². The molecule has 21 heavy (non-hydrogen) atoms. The molecule has 0 spiro atoms. The highest BCUT2D eigenvalue weighted by atomic mass is 32.2. The predicted molar refractivity (Wildman–Crippen MR) is 85.7 cm³/mol. The molecule has 2 rings (SSSR count). The number of benzene rings is 1. The standard InChI is InChI=1S/C16H22N2O2S/c1-4-5-6-16(15-11-13(15)3)17-18-21(19,20)14-9-7-12(2)8-10-14/h7-10,15,18H,3-6,11H2,1-2H3/b17-16-. The molecular formula is C16H22N2O2S. The van der Waals surface area contributed by atoms with Crippen molar-refractivity contribution in [3.63, 3.8) is 0 Å². The first-order chi connectivity index (χ1) is 9.94. The molecule has 0 saturated heterocycles. The van der Waals surface area contributed by atoms with Gasteiger partial charge in [-0.25, -0.2) is 4.83 Å². The molecule has 1 fully saturated rings. The summed E-state index contributed by atoms with van der Waals surface area (Å²) in [5.74, 6) is 0.261. The zero-order valence-electron chi connectivity index (χ0n) is 12.6. The Morgan fingerprint density at radius 1 is 1.38 bits per heavy atom. The lowest BCUT2D eigenvalue weighted by Crippen LogP contribution is -2.21. The van der Waals surface area contributed by atoms with Gasteiger partial charge in [0.1, 0.15) is 0 Å². The number of rotatable bonds is 7. The van der Waals surface area contributed by atoms with E-state index < -0.39 is 10.0 Å². The average Bonchev–Trinajstić information content (AvgIpc) is 3.16. The summed E-state index contributed by atoms with van der Waals surface area (Å²) >= 11 is 0. The Bertz CT molecular complexity index is 645. The lowest BCUT2D eigenvalue weighted by Gasteiger charge is -2.07. The van der Waals surface area contributed by atoms with Gasteiger partial charge in [-0.05, 0) is 38.3 Å². The molecule has 1 saturated carbocycles. The van der Waals surface area contributed by atoms with Crippen LogP contribution in [0.25, 0.3) is 0 Å². The number of aryl methyl sites for hydroxylation is 1. The minimum Gasteiger partial charge on any atom is -0.200 e. The molecule has 114 valence electrons. The van der Waals surface area contributed by atoms with E-state index in [0.717, 1.165) is 42.5 Å². The van der Waals surface area contributed by atoms with Gasteiger partial charge in [0.25, 0.3) is 10.0 Å². The summed E-state index contributed by atoms with van der Waals surface area (Å²) in [6.45, 7) is 7.96. The molecule has 0 amide bonds. The topological polar surface area (TPSA) is 58.5 Å². The number of nitrogens with zero attached hydrogens (tertiary/aromatic N) is 1. The van der Waals surface area contributed by atoms with Crippen LogP contribution in [0, 0.1) is 12.8 Å². The molecule has 0 heterocycles. The van der Waals surface area contributed by atoms with E-state index in [9.17, 15) is 8.42 Å². The minimum absolute atomic E-state index is 0.237. The molecule has 1 aromatic carbocycles. The molecule has 1 aliphatic rings. The second-order valence-corrected chi connectivity index (χ2v) is 7.19. The summed E-state index contributed by atoms with van der Waals surface area (Å²) in [5, 5.41) is 4.16. The maximum absolute atomic E-state index is 12.2. The molecule has 5 heteroatoms. The largest absolute Gasteiger partial charge is 0.276 e. The maximum atomic E-state index is 12.2. The Hall–Kier alpha value is -1.62. The number of hydrazone groups is 1. The molecule has 0 aliphatic heterocycles. The Balaban J connectivity index is 2.12. The highest BCUT2D eigenvalue weighted by Gasteiger charge is 2.32. The molecule has 1 atom stereocenters. The predicted octanol–water partition coefficient (Wildman–Crippen LogP) is 3.40. The van der Waals surface area contributed by atoms with Crippen LogP contribution in [-0.2, 0) is 10.0 Å². The molecule has 0 radical (unpaired) electrons. The molecule has 4 nitrogen and oxygen atoms in total. The fraction of sp³-hybridized carbons (Fsp3) is 0.438. The van der Waals surface area contributed by atoms with Gasteiger partial charge in [-0.1, -0.05) is 43.2 Å². The zero-order valence-corrected chi connectivity index (χ0v) is 13.4. The summed E-state index contributed by atoms with van der Waals surface area (Å²) in [5.41, 5.74) is 3.06. The van der Waals surface area contributed by atoms with E-state index in [-0.39, 0.29) is 10.8 Å². The van der Waals surface area contributed by atoms with Gasteiger partial charge in [-0.15, -0.1) is 0 Å². The lowest BCUT2D eigenvalue weighted by atomic mass is 10.1. The van der Waals surface area contributed by atoms with Crippen molar-refractivity contribution in [2.45, 2.75) is 44.4 Å². The fourth-order valence-electron chi connectivity index (χ4n) is 2.11. The van der Waals surface area contributed by atoms with Crippen LogP contribution in [0.3, 0.4) is 0 Å². The first-order valence-electron chi connectivity index (χ1n) is 7.26. The molecular weight excluding hydrogens is 284 g/mol. The number of sulfonamides is 1. The normalized spacial score (nSPS) is 18.7. The van der Waals surface area contributed by atoms with Gasteiger partial charge in [-0.3, -0.25) is 0 Å². The van der Waals surface area contributed by atoms with Gasteiger partial charge < -0.3 is 0 Å². The molecule has 0 aromatic heterocycles.